The second kappa shape index (κ2) is 4.77. The van der Waals surface area contributed by atoms with Crippen molar-refractivity contribution in [3.05, 3.63) is 29.6 Å². The summed E-state index contributed by atoms with van der Waals surface area (Å²) in [6.07, 6.45) is 1.56. The molecule has 0 aromatic heterocycles. The fraction of sp³-hybridized carbons (Fsp3) is 0.429. The summed E-state index contributed by atoms with van der Waals surface area (Å²) in [6.45, 7) is 1.04. The maximum absolute atomic E-state index is 13.3. The molecule has 3 rings (SSSR count). The molecule has 20 heavy (non-hydrogen) atoms. The van der Waals surface area contributed by atoms with E-state index >= 15 is 0 Å². The van der Waals surface area contributed by atoms with E-state index in [0.29, 0.717) is 13.1 Å². The molecule has 1 aromatic rings. The van der Waals surface area contributed by atoms with Crippen LogP contribution in [0.4, 0.5) is 10.1 Å². The zero-order chi connectivity index (χ0) is 14.3. The quantitative estimate of drug-likeness (QED) is 0.744. The monoisotopic (exact) mass is 277 g/mol. The minimum Gasteiger partial charge on any atom is -0.398 e. The third-order valence-electron chi connectivity index (χ3n) is 4.11. The first kappa shape index (κ1) is 12.9. The molecule has 2 heterocycles. The average molecular weight is 277 g/mol. The summed E-state index contributed by atoms with van der Waals surface area (Å²) >= 11 is 0. The van der Waals surface area contributed by atoms with Crippen molar-refractivity contribution in [2.75, 3.05) is 18.8 Å². The lowest BCUT2D eigenvalue weighted by Crippen LogP contribution is -2.48. The van der Waals surface area contributed by atoms with Gasteiger partial charge in [0.15, 0.2) is 0 Å². The van der Waals surface area contributed by atoms with Gasteiger partial charge in [0, 0.05) is 18.8 Å². The Labute approximate surface area is 115 Å². The topological polar surface area (TPSA) is 75.4 Å². The lowest BCUT2D eigenvalue weighted by atomic mass is 9.91. The fourth-order valence-corrected chi connectivity index (χ4v) is 3.07. The predicted molar refractivity (Wildman–Crippen MR) is 71.4 cm³/mol. The van der Waals surface area contributed by atoms with Crippen LogP contribution in [-0.2, 0) is 4.79 Å². The highest BCUT2D eigenvalue weighted by Crippen LogP contribution is 2.29. The summed E-state index contributed by atoms with van der Waals surface area (Å²) in [5.41, 5.74) is 6.20. The number of benzene rings is 1. The number of carbonyl (C=O) groups excluding carboxylic acids is 2. The molecule has 5 nitrogen and oxygen atoms in total. The Bertz CT molecular complexity index is 576. The van der Waals surface area contributed by atoms with Crippen LogP contribution >= 0.6 is 0 Å². The number of hydrogen-bond donors (Lipinski definition) is 2. The number of hydrogen-bond acceptors (Lipinski definition) is 3. The minimum absolute atomic E-state index is 0.000265. The number of nitrogen functional groups attached to an aromatic ring is 1. The second-order valence-electron chi connectivity index (χ2n) is 5.29. The van der Waals surface area contributed by atoms with Crippen LogP contribution in [0, 0.1) is 11.7 Å². The van der Waals surface area contributed by atoms with Gasteiger partial charge in [-0.05, 0) is 31.0 Å². The van der Waals surface area contributed by atoms with Crippen molar-refractivity contribution < 1.29 is 14.0 Å². The first-order chi connectivity index (χ1) is 9.58. The Hall–Kier alpha value is -2.11. The molecule has 2 saturated heterocycles. The van der Waals surface area contributed by atoms with Gasteiger partial charge in [-0.25, -0.2) is 4.39 Å². The Kier molecular flexibility index (Phi) is 3.08. The number of nitrogens with zero attached hydrogens (tertiary/aromatic N) is 1. The highest BCUT2D eigenvalue weighted by Gasteiger charge is 2.42. The maximum atomic E-state index is 13.3. The Balaban J connectivity index is 1.90. The molecule has 1 aromatic carbocycles. The fourth-order valence-electron chi connectivity index (χ4n) is 3.07. The second-order valence-corrected chi connectivity index (χ2v) is 5.29. The summed E-state index contributed by atoms with van der Waals surface area (Å²) in [6, 6.07) is 3.63. The van der Waals surface area contributed by atoms with Gasteiger partial charge in [0.25, 0.3) is 5.91 Å². The first-order valence-electron chi connectivity index (χ1n) is 6.71. The summed E-state index contributed by atoms with van der Waals surface area (Å²) in [5.74, 6) is -0.938. The highest BCUT2D eigenvalue weighted by atomic mass is 19.1. The summed E-state index contributed by atoms with van der Waals surface area (Å²) in [4.78, 5) is 25.9. The van der Waals surface area contributed by atoms with Crippen LogP contribution in [-0.4, -0.2) is 35.8 Å². The van der Waals surface area contributed by atoms with Gasteiger partial charge < -0.3 is 16.0 Å². The van der Waals surface area contributed by atoms with E-state index in [4.69, 9.17) is 5.73 Å². The van der Waals surface area contributed by atoms with Gasteiger partial charge in [0.05, 0.1) is 17.5 Å². The normalized spacial score (nSPS) is 25.2. The van der Waals surface area contributed by atoms with E-state index in [-0.39, 0.29) is 35.0 Å². The molecule has 106 valence electrons. The number of amides is 2. The van der Waals surface area contributed by atoms with Crippen molar-refractivity contribution in [2.24, 2.45) is 5.92 Å². The molecule has 2 fully saturated rings. The van der Waals surface area contributed by atoms with E-state index < -0.39 is 5.82 Å². The SMILES string of the molecule is Nc1ccc(F)cc1C(=O)N1CCCC2C(=O)NCC21. The molecule has 3 N–H and O–H groups in total. The van der Waals surface area contributed by atoms with Gasteiger partial charge in [0.2, 0.25) is 5.91 Å². The number of likely N-dealkylation sites (tertiary alicyclic amines) is 1. The molecule has 0 saturated carbocycles. The predicted octanol–water partition coefficient (Wildman–Crippen LogP) is 0.758. The zero-order valence-corrected chi connectivity index (χ0v) is 10.9. The van der Waals surface area contributed by atoms with E-state index in [1.54, 1.807) is 4.90 Å². The van der Waals surface area contributed by atoms with Crippen molar-refractivity contribution in [3.8, 4) is 0 Å². The highest BCUT2D eigenvalue weighted by molar-refractivity contribution is 6.00. The van der Waals surface area contributed by atoms with Crippen molar-refractivity contribution in [2.45, 2.75) is 18.9 Å². The van der Waals surface area contributed by atoms with Crippen LogP contribution in [0.2, 0.25) is 0 Å². The number of fused-ring (bicyclic) bond motifs is 1. The smallest absolute Gasteiger partial charge is 0.256 e. The van der Waals surface area contributed by atoms with Gasteiger partial charge in [-0.1, -0.05) is 0 Å². The van der Waals surface area contributed by atoms with Gasteiger partial charge in [0.1, 0.15) is 5.82 Å². The lowest BCUT2D eigenvalue weighted by Gasteiger charge is -2.36. The van der Waals surface area contributed by atoms with Crippen molar-refractivity contribution in [1.29, 1.82) is 0 Å². The van der Waals surface area contributed by atoms with E-state index in [1.165, 1.54) is 12.1 Å². The van der Waals surface area contributed by atoms with Gasteiger partial charge in [-0.2, -0.15) is 0 Å². The lowest BCUT2D eigenvalue weighted by molar-refractivity contribution is -0.123. The van der Waals surface area contributed by atoms with Crippen molar-refractivity contribution >= 4 is 17.5 Å². The Morgan fingerprint density at radius 1 is 1.45 bits per heavy atom. The number of halogens is 1. The van der Waals surface area contributed by atoms with Gasteiger partial charge in [-0.3, -0.25) is 9.59 Å². The molecular weight excluding hydrogens is 261 g/mol. The summed E-state index contributed by atoms with van der Waals surface area (Å²) in [5, 5.41) is 2.79. The van der Waals surface area contributed by atoms with E-state index in [2.05, 4.69) is 5.32 Å². The molecule has 0 radical (unpaired) electrons. The van der Waals surface area contributed by atoms with Crippen LogP contribution in [0.25, 0.3) is 0 Å². The first-order valence-corrected chi connectivity index (χ1v) is 6.71. The number of carbonyl (C=O) groups is 2. The zero-order valence-electron chi connectivity index (χ0n) is 10.9. The summed E-state index contributed by atoms with van der Waals surface area (Å²) < 4.78 is 13.3. The van der Waals surface area contributed by atoms with Crippen LogP contribution in [0.3, 0.4) is 0 Å². The Morgan fingerprint density at radius 3 is 3.05 bits per heavy atom. The average Bonchev–Trinajstić information content (AvgIpc) is 2.83. The molecule has 6 heteroatoms. The Morgan fingerprint density at radius 2 is 2.25 bits per heavy atom. The maximum Gasteiger partial charge on any atom is 0.256 e. The summed E-state index contributed by atoms with van der Waals surface area (Å²) in [7, 11) is 0. The molecule has 2 unspecified atom stereocenters. The molecule has 0 aliphatic carbocycles. The van der Waals surface area contributed by atoms with Crippen LogP contribution < -0.4 is 11.1 Å². The number of piperidine rings is 1. The van der Waals surface area contributed by atoms with Crippen LogP contribution in [0.5, 0.6) is 0 Å². The van der Waals surface area contributed by atoms with E-state index in [9.17, 15) is 14.0 Å². The van der Waals surface area contributed by atoms with Crippen LogP contribution in [0.1, 0.15) is 23.2 Å². The molecule has 2 amide bonds. The largest absolute Gasteiger partial charge is 0.398 e. The standard InChI is InChI=1S/C14H16FN3O2/c15-8-3-4-11(16)10(6-8)14(20)18-5-1-2-9-12(18)7-17-13(9)19/h3-4,6,9,12H,1-2,5,7,16H2,(H,17,19). The van der Waals surface area contributed by atoms with E-state index in [0.717, 1.165) is 18.9 Å². The number of nitrogens with one attached hydrogen (secondary N) is 1. The third-order valence-corrected chi connectivity index (χ3v) is 4.11. The molecule has 2 aliphatic rings. The number of nitrogens with two attached hydrogens (primary N) is 1. The number of anilines is 1. The molecule has 2 atom stereocenters. The van der Waals surface area contributed by atoms with Crippen molar-refractivity contribution in [1.82, 2.24) is 10.2 Å². The minimum atomic E-state index is -0.489. The van der Waals surface area contributed by atoms with Gasteiger partial charge >= 0.3 is 0 Å². The molecular formula is C14H16FN3O2. The van der Waals surface area contributed by atoms with Crippen LogP contribution in [0.15, 0.2) is 18.2 Å². The van der Waals surface area contributed by atoms with Gasteiger partial charge in [-0.15, -0.1) is 0 Å². The van der Waals surface area contributed by atoms with Crippen molar-refractivity contribution in [3.63, 3.8) is 0 Å². The molecule has 0 spiro atoms. The molecule has 2 aliphatic heterocycles. The number of rotatable bonds is 1. The third kappa shape index (κ3) is 2.01. The van der Waals surface area contributed by atoms with E-state index in [1.807, 2.05) is 0 Å². The molecule has 0 bridgehead atoms.